The molecule has 2 bridgehead atoms. The van der Waals surface area contributed by atoms with Gasteiger partial charge in [0, 0.05) is 24.4 Å². The molecule has 2 aliphatic rings. The normalized spacial score (nSPS) is 26.6. The Morgan fingerprint density at radius 2 is 1.54 bits per heavy atom. The lowest BCUT2D eigenvalue weighted by Gasteiger charge is -2.42. The van der Waals surface area contributed by atoms with Crippen molar-refractivity contribution >= 4 is 11.9 Å². The molecule has 2 heterocycles. The fourth-order valence-corrected chi connectivity index (χ4v) is 4.50. The highest BCUT2D eigenvalue weighted by Gasteiger charge is 2.47. The monoisotopic (exact) mass is 379 g/mol. The molecular formula is C23H25NO4. The molecule has 0 aliphatic carbocycles. The molecule has 0 amide bonds. The Balaban J connectivity index is 1.46. The second kappa shape index (κ2) is 8.15. The van der Waals surface area contributed by atoms with Gasteiger partial charge in [-0.1, -0.05) is 36.4 Å². The number of fused-ring (bicyclic) bond motifs is 2. The molecule has 0 radical (unpaired) electrons. The van der Waals surface area contributed by atoms with Crippen LogP contribution in [0.1, 0.15) is 40.0 Å². The first-order chi connectivity index (χ1) is 13.6. The van der Waals surface area contributed by atoms with E-state index in [9.17, 15) is 9.59 Å². The van der Waals surface area contributed by atoms with Crippen LogP contribution in [0.4, 0.5) is 0 Å². The first kappa shape index (κ1) is 18.7. The van der Waals surface area contributed by atoms with Crippen LogP contribution in [0.2, 0.25) is 0 Å². The van der Waals surface area contributed by atoms with Crippen molar-refractivity contribution in [2.24, 2.45) is 5.92 Å². The van der Waals surface area contributed by atoms with Crippen LogP contribution in [0.15, 0.2) is 60.7 Å². The molecule has 28 heavy (non-hydrogen) atoms. The maximum absolute atomic E-state index is 12.6. The quantitative estimate of drug-likeness (QED) is 0.744. The smallest absolute Gasteiger partial charge is 0.338 e. The fourth-order valence-electron chi connectivity index (χ4n) is 4.50. The molecule has 2 saturated heterocycles. The number of hydrogen-bond donors (Lipinski definition) is 0. The number of nitrogens with zero attached hydrogens (tertiary/aromatic N) is 1. The van der Waals surface area contributed by atoms with E-state index >= 15 is 0 Å². The summed E-state index contributed by atoms with van der Waals surface area (Å²) in [6.07, 6.45) is 2.65. The van der Waals surface area contributed by atoms with E-state index in [1.165, 1.54) is 0 Å². The molecule has 5 nitrogen and oxygen atoms in total. The first-order valence-corrected chi connectivity index (χ1v) is 9.83. The minimum absolute atomic E-state index is 0.0240. The van der Waals surface area contributed by atoms with Crippen LogP contribution < -0.4 is 0 Å². The number of carbonyl (C=O) groups excluding carboxylic acids is 2. The van der Waals surface area contributed by atoms with Gasteiger partial charge in [0.2, 0.25) is 0 Å². The zero-order valence-corrected chi connectivity index (χ0v) is 16.0. The summed E-state index contributed by atoms with van der Waals surface area (Å²) in [7, 11) is 2.11. The molecule has 5 heteroatoms. The zero-order chi connectivity index (χ0) is 19.5. The van der Waals surface area contributed by atoms with Crippen LogP contribution in [-0.4, -0.2) is 48.7 Å². The Labute approximate surface area is 165 Å². The molecule has 0 N–H and O–H groups in total. The molecule has 2 unspecified atom stereocenters. The van der Waals surface area contributed by atoms with Gasteiger partial charge in [0.1, 0.15) is 6.10 Å². The van der Waals surface area contributed by atoms with Gasteiger partial charge in [-0.3, -0.25) is 4.90 Å². The van der Waals surface area contributed by atoms with E-state index in [0.29, 0.717) is 17.2 Å². The second-order valence-electron chi connectivity index (χ2n) is 7.64. The van der Waals surface area contributed by atoms with Crippen LogP contribution in [0, 0.1) is 5.92 Å². The van der Waals surface area contributed by atoms with Crippen LogP contribution in [0.25, 0.3) is 0 Å². The van der Waals surface area contributed by atoms with Crippen molar-refractivity contribution in [2.45, 2.75) is 37.5 Å². The van der Waals surface area contributed by atoms with Crippen LogP contribution >= 0.6 is 0 Å². The summed E-state index contributed by atoms with van der Waals surface area (Å²) in [5, 5.41) is 0. The lowest BCUT2D eigenvalue weighted by Crippen LogP contribution is -2.52. The van der Waals surface area contributed by atoms with E-state index in [0.717, 1.165) is 19.3 Å². The summed E-state index contributed by atoms with van der Waals surface area (Å²) in [6.45, 7) is 0.252. The van der Waals surface area contributed by atoms with Gasteiger partial charge in [-0.05, 0) is 44.2 Å². The van der Waals surface area contributed by atoms with Crippen molar-refractivity contribution in [3.05, 3.63) is 71.8 Å². The van der Waals surface area contributed by atoms with Crippen molar-refractivity contribution < 1.29 is 19.1 Å². The van der Waals surface area contributed by atoms with E-state index in [-0.39, 0.29) is 36.6 Å². The third-order valence-electron chi connectivity index (χ3n) is 6.06. The standard InChI is InChI=1S/C23H25NO4/c1-24-18-12-13-20(24)19(15-27-22(25)16-8-4-2-5-9-16)21(14-18)28-23(26)17-10-6-3-7-11-17/h2-11,18-21H,12-15H2,1H3/t18?,19-,20?,21-/m0/s1. The van der Waals surface area contributed by atoms with Crippen molar-refractivity contribution in [2.75, 3.05) is 13.7 Å². The van der Waals surface area contributed by atoms with E-state index in [2.05, 4.69) is 11.9 Å². The van der Waals surface area contributed by atoms with Gasteiger partial charge in [0.15, 0.2) is 0 Å². The Morgan fingerprint density at radius 3 is 2.18 bits per heavy atom. The average molecular weight is 379 g/mol. The largest absolute Gasteiger partial charge is 0.462 e. The van der Waals surface area contributed by atoms with Gasteiger partial charge < -0.3 is 9.47 Å². The number of piperidine rings is 1. The summed E-state index contributed by atoms with van der Waals surface area (Å²) < 4.78 is 11.5. The highest BCUT2D eigenvalue weighted by molar-refractivity contribution is 5.90. The minimum Gasteiger partial charge on any atom is -0.462 e. The number of esters is 2. The van der Waals surface area contributed by atoms with Gasteiger partial charge in [-0.2, -0.15) is 0 Å². The summed E-state index contributed by atoms with van der Waals surface area (Å²) in [4.78, 5) is 27.3. The molecule has 2 aliphatic heterocycles. The zero-order valence-electron chi connectivity index (χ0n) is 16.0. The van der Waals surface area contributed by atoms with E-state index in [4.69, 9.17) is 9.47 Å². The third kappa shape index (κ3) is 3.80. The molecule has 2 fully saturated rings. The maximum atomic E-state index is 12.6. The molecule has 2 aromatic rings. The number of carbonyl (C=O) groups is 2. The number of rotatable bonds is 5. The van der Waals surface area contributed by atoms with E-state index in [1.54, 1.807) is 24.3 Å². The molecule has 2 aromatic carbocycles. The molecule has 0 aromatic heterocycles. The highest BCUT2D eigenvalue weighted by atomic mass is 16.6. The van der Waals surface area contributed by atoms with Crippen LogP contribution in [0.5, 0.6) is 0 Å². The second-order valence-corrected chi connectivity index (χ2v) is 7.64. The van der Waals surface area contributed by atoms with Gasteiger partial charge in [0.05, 0.1) is 17.7 Å². The van der Waals surface area contributed by atoms with Crippen molar-refractivity contribution in [3.63, 3.8) is 0 Å². The Morgan fingerprint density at radius 1 is 0.929 bits per heavy atom. The third-order valence-corrected chi connectivity index (χ3v) is 6.06. The predicted octanol–water partition coefficient (Wildman–Crippen LogP) is 3.55. The molecule has 4 atom stereocenters. The summed E-state index contributed by atoms with van der Waals surface area (Å²) >= 11 is 0. The van der Waals surface area contributed by atoms with Gasteiger partial charge in [-0.25, -0.2) is 9.59 Å². The topological polar surface area (TPSA) is 55.8 Å². The lowest BCUT2D eigenvalue weighted by molar-refractivity contribution is -0.0538. The van der Waals surface area contributed by atoms with E-state index in [1.807, 2.05) is 36.4 Å². The SMILES string of the molecule is CN1C2CCC1[C@H](COC(=O)c1ccccc1)[C@@H](OC(=O)c1ccccc1)C2. The molecule has 146 valence electrons. The van der Waals surface area contributed by atoms with Gasteiger partial charge in [-0.15, -0.1) is 0 Å². The maximum Gasteiger partial charge on any atom is 0.338 e. The summed E-state index contributed by atoms with van der Waals surface area (Å²) in [5.74, 6) is -0.672. The molecule has 0 saturated carbocycles. The van der Waals surface area contributed by atoms with Gasteiger partial charge >= 0.3 is 11.9 Å². The van der Waals surface area contributed by atoms with Crippen LogP contribution in [-0.2, 0) is 9.47 Å². The lowest BCUT2D eigenvalue weighted by atomic mass is 9.88. The number of hydrogen-bond acceptors (Lipinski definition) is 5. The molecule has 0 spiro atoms. The summed E-state index contributed by atoms with van der Waals surface area (Å²) in [5.41, 5.74) is 1.09. The van der Waals surface area contributed by atoms with E-state index < -0.39 is 0 Å². The fraction of sp³-hybridized carbons (Fsp3) is 0.391. The molecule has 4 rings (SSSR count). The highest BCUT2D eigenvalue weighted by Crippen LogP contribution is 2.40. The van der Waals surface area contributed by atoms with Crippen molar-refractivity contribution in [1.29, 1.82) is 0 Å². The van der Waals surface area contributed by atoms with Crippen molar-refractivity contribution in [3.8, 4) is 0 Å². The summed E-state index contributed by atoms with van der Waals surface area (Å²) in [6, 6.07) is 18.7. The number of benzene rings is 2. The Kier molecular flexibility index (Phi) is 5.44. The average Bonchev–Trinajstić information content (AvgIpc) is 2.98. The Hall–Kier alpha value is -2.66. The van der Waals surface area contributed by atoms with Crippen LogP contribution in [0.3, 0.4) is 0 Å². The number of ether oxygens (including phenoxy) is 2. The van der Waals surface area contributed by atoms with Crippen molar-refractivity contribution in [1.82, 2.24) is 4.90 Å². The molecular weight excluding hydrogens is 354 g/mol. The predicted molar refractivity (Wildman–Crippen MR) is 105 cm³/mol. The van der Waals surface area contributed by atoms with Gasteiger partial charge in [0.25, 0.3) is 0 Å². The minimum atomic E-state index is -0.337. The first-order valence-electron chi connectivity index (χ1n) is 9.83. The Bertz CT molecular complexity index is 823.